The van der Waals surface area contributed by atoms with Gasteiger partial charge in [0.25, 0.3) is 0 Å². The van der Waals surface area contributed by atoms with Gasteiger partial charge in [0.2, 0.25) is 0 Å². The molecule has 0 fully saturated rings. The normalized spacial score (nSPS) is 13.6. The van der Waals surface area contributed by atoms with Crippen LogP contribution in [0.1, 0.15) is 11.4 Å². The summed E-state index contributed by atoms with van der Waals surface area (Å²) in [7, 11) is 2.04. The van der Waals surface area contributed by atoms with Crippen molar-refractivity contribution in [1.29, 1.82) is 0 Å². The van der Waals surface area contributed by atoms with Gasteiger partial charge in [0.1, 0.15) is 0 Å². The number of aromatic amines is 1. The van der Waals surface area contributed by atoms with Crippen molar-refractivity contribution < 1.29 is 0 Å². The van der Waals surface area contributed by atoms with Crippen LogP contribution in [0.3, 0.4) is 0 Å². The van der Waals surface area contributed by atoms with E-state index in [9.17, 15) is 0 Å². The monoisotopic (exact) mass is 389 g/mol. The summed E-state index contributed by atoms with van der Waals surface area (Å²) < 4.78 is 0. The Morgan fingerprint density at radius 1 is 1.25 bits per heavy atom. The summed E-state index contributed by atoms with van der Waals surface area (Å²) in [5, 5.41) is 9.55. The molecule has 4 aromatic rings. The topological polar surface area (TPSA) is 81.8 Å². The van der Waals surface area contributed by atoms with Gasteiger partial charge in [-0.25, -0.2) is 9.97 Å². The van der Waals surface area contributed by atoms with E-state index in [4.69, 9.17) is 9.97 Å². The molecule has 0 aliphatic carbocycles. The minimum Gasteiger partial charge on any atom is -0.372 e. The van der Waals surface area contributed by atoms with Crippen molar-refractivity contribution in [3.05, 3.63) is 59.6 Å². The van der Waals surface area contributed by atoms with E-state index in [1.165, 1.54) is 0 Å². The predicted octanol–water partition coefficient (Wildman–Crippen LogP) is 3.92. The molecule has 0 radical (unpaired) electrons. The lowest BCUT2D eigenvalue weighted by molar-refractivity contribution is 0.491. The summed E-state index contributed by atoms with van der Waals surface area (Å²) in [4.78, 5) is 19.2. The average Bonchev–Trinajstić information content (AvgIpc) is 3.42. The van der Waals surface area contributed by atoms with E-state index in [-0.39, 0.29) is 0 Å². The molecule has 0 unspecified atom stereocenters. The van der Waals surface area contributed by atoms with Crippen molar-refractivity contribution in [1.82, 2.24) is 30.2 Å². The number of imidazole rings is 1. The number of benzene rings is 1. The maximum atomic E-state index is 4.74. The molecule has 7 nitrogen and oxygen atoms in total. The number of anilines is 2. The summed E-state index contributed by atoms with van der Waals surface area (Å²) in [6, 6.07) is 8.12. The molecule has 0 saturated carbocycles. The first-order valence-electron chi connectivity index (χ1n) is 8.96. The largest absolute Gasteiger partial charge is 0.372 e. The van der Waals surface area contributed by atoms with Crippen LogP contribution in [0.15, 0.2) is 48.2 Å². The Labute approximate surface area is 166 Å². The fourth-order valence-electron chi connectivity index (χ4n) is 3.23. The van der Waals surface area contributed by atoms with Crippen LogP contribution in [0.25, 0.3) is 28.0 Å². The van der Waals surface area contributed by atoms with Gasteiger partial charge in [0.15, 0.2) is 11.0 Å². The summed E-state index contributed by atoms with van der Waals surface area (Å²) in [6.45, 7) is 2.87. The number of H-pyrrole nitrogens is 1. The second-order valence-electron chi connectivity index (χ2n) is 6.76. The third kappa shape index (κ3) is 2.97. The Balaban J connectivity index is 1.45. The molecule has 0 bridgehead atoms. The van der Waals surface area contributed by atoms with Crippen molar-refractivity contribution in [3.8, 4) is 11.3 Å². The molecular formula is C20H19N7S. The molecule has 1 aliphatic heterocycles. The minimum atomic E-state index is 0.793. The number of thiazole rings is 1. The molecule has 1 aromatic carbocycles. The van der Waals surface area contributed by atoms with E-state index >= 15 is 0 Å². The Morgan fingerprint density at radius 3 is 2.96 bits per heavy atom. The molecule has 5 rings (SSSR count). The summed E-state index contributed by atoms with van der Waals surface area (Å²) in [5.41, 5.74) is 7.08. The zero-order valence-electron chi connectivity index (χ0n) is 15.5. The maximum absolute atomic E-state index is 4.74. The molecule has 0 atom stereocenters. The van der Waals surface area contributed by atoms with E-state index < -0.39 is 0 Å². The zero-order chi connectivity index (χ0) is 19.1. The first kappa shape index (κ1) is 16.8. The number of nitrogens with one attached hydrogen (secondary N) is 3. The molecule has 8 heteroatoms. The Hall–Kier alpha value is -3.39. The van der Waals surface area contributed by atoms with E-state index in [1.807, 2.05) is 37.0 Å². The predicted molar refractivity (Wildman–Crippen MR) is 113 cm³/mol. The molecule has 0 amide bonds. The van der Waals surface area contributed by atoms with Gasteiger partial charge in [-0.05, 0) is 36.8 Å². The van der Waals surface area contributed by atoms with E-state index in [0.29, 0.717) is 0 Å². The van der Waals surface area contributed by atoms with Gasteiger partial charge in [0, 0.05) is 42.3 Å². The van der Waals surface area contributed by atoms with Gasteiger partial charge < -0.3 is 20.5 Å². The van der Waals surface area contributed by atoms with Gasteiger partial charge in [-0.3, -0.25) is 4.98 Å². The second kappa shape index (κ2) is 6.65. The molecule has 1 aliphatic rings. The number of aromatic nitrogens is 4. The highest BCUT2D eigenvalue weighted by Crippen LogP contribution is 2.30. The molecule has 4 heterocycles. The highest BCUT2D eigenvalue weighted by molar-refractivity contribution is 7.14. The van der Waals surface area contributed by atoms with Gasteiger partial charge >= 0.3 is 0 Å². The van der Waals surface area contributed by atoms with Gasteiger partial charge in [-0.2, -0.15) is 0 Å². The quantitative estimate of drug-likeness (QED) is 0.491. The van der Waals surface area contributed by atoms with Crippen LogP contribution in [0.4, 0.5) is 10.8 Å². The summed E-state index contributed by atoms with van der Waals surface area (Å²) in [5.74, 6) is 0.868. The fraction of sp³-hybridized carbons (Fsp3) is 0.150. The van der Waals surface area contributed by atoms with E-state index in [2.05, 4.69) is 44.6 Å². The molecule has 0 saturated heterocycles. The van der Waals surface area contributed by atoms with Crippen LogP contribution in [-0.4, -0.2) is 38.6 Å². The number of hydrogen-bond donors (Lipinski definition) is 3. The highest BCUT2D eigenvalue weighted by Gasteiger charge is 2.17. The van der Waals surface area contributed by atoms with Crippen LogP contribution in [0, 0.1) is 6.92 Å². The molecule has 28 heavy (non-hydrogen) atoms. The summed E-state index contributed by atoms with van der Waals surface area (Å²) >= 11 is 1.58. The molecule has 3 aromatic heterocycles. The first-order chi connectivity index (χ1) is 13.7. The molecular weight excluding hydrogens is 370 g/mol. The number of rotatable bonds is 4. The van der Waals surface area contributed by atoms with Crippen LogP contribution in [0.5, 0.6) is 0 Å². The number of hydrogen-bond acceptors (Lipinski definition) is 7. The number of pyridine rings is 1. The van der Waals surface area contributed by atoms with Crippen LogP contribution in [-0.2, 0) is 0 Å². The molecule has 0 spiro atoms. The minimum absolute atomic E-state index is 0.793. The third-order valence-electron chi connectivity index (χ3n) is 4.75. The smallest absolute Gasteiger partial charge is 0.187 e. The lowest BCUT2D eigenvalue weighted by atomic mass is 10.2. The highest BCUT2D eigenvalue weighted by atomic mass is 32.1. The fourth-order valence-corrected chi connectivity index (χ4v) is 3.97. The van der Waals surface area contributed by atoms with Crippen LogP contribution in [0.2, 0.25) is 0 Å². The van der Waals surface area contributed by atoms with Crippen molar-refractivity contribution in [2.75, 3.05) is 19.0 Å². The van der Waals surface area contributed by atoms with Crippen molar-refractivity contribution in [3.63, 3.8) is 0 Å². The van der Waals surface area contributed by atoms with E-state index in [1.54, 1.807) is 17.5 Å². The van der Waals surface area contributed by atoms with Crippen LogP contribution >= 0.6 is 11.3 Å². The van der Waals surface area contributed by atoms with Crippen molar-refractivity contribution in [2.24, 2.45) is 0 Å². The molecule has 140 valence electrons. The van der Waals surface area contributed by atoms with E-state index in [0.717, 1.165) is 56.9 Å². The number of fused-ring (bicyclic) bond motifs is 1. The summed E-state index contributed by atoms with van der Waals surface area (Å²) in [6.07, 6.45) is 5.58. The van der Waals surface area contributed by atoms with Crippen molar-refractivity contribution >= 4 is 38.9 Å². The lowest BCUT2D eigenvalue weighted by Gasteiger charge is -2.11. The number of nitrogens with zero attached hydrogens (tertiary/aromatic N) is 4. The Bertz CT molecular complexity index is 1180. The number of aryl methyl sites for hydroxylation is 1. The standard InChI is InChI=1S/C20H19N7S/c1-12-6-15-16(24-19(23-15)18-9-22-11-27(18)2)7-14(12)25-20-26-17(10-28-20)13-4-3-5-21-8-13/h3-10,22H,11H2,1-2H3,(H,23,24)(H,25,26). The molecule has 3 N–H and O–H groups in total. The third-order valence-corrected chi connectivity index (χ3v) is 5.51. The average molecular weight is 389 g/mol. The Kier molecular flexibility index (Phi) is 3.98. The van der Waals surface area contributed by atoms with Crippen molar-refractivity contribution in [2.45, 2.75) is 6.92 Å². The zero-order valence-corrected chi connectivity index (χ0v) is 16.3. The Morgan fingerprint density at radius 2 is 2.18 bits per heavy atom. The second-order valence-corrected chi connectivity index (χ2v) is 7.62. The van der Waals surface area contributed by atoms with Gasteiger partial charge in [-0.15, -0.1) is 11.3 Å². The van der Waals surface area contributed by atoms with Gasteiger partial charge in [0.05, 0.1) is 29.1 Å². The van der Waals surface area contributed by atoms with Crippen LogP contribution < -0.4 is 10.6 Å². The maximum Gasteiger partial charge on any atom is 0.187 e. The lowest BCUT2D eigenvalue weighted by Crippen LogP contribution is -2.18. The first-order valence-corrected chi connectivity index (χ1v) is 9.84. The van der Waals surface area contributed by atoms with Gasteiger partial charge in [-0.1, -0.05) is 0 Å². The SMILES string of the molecule is Cc1cc2nc(C3=CNCN3C)[nH]c2cc1Nc1nc(-c2cccnc2)cs1.